The molecule has 4 rings (SSSR count). The molecule has 0 saturated heterocycles. The Morgan fingerprint density at radius 1 is 1.00 bits per heavy atom. The van der Waals surface area contributed by atoms with Gasteiger partial charge in [0.15, 0.2) is 11.2 Å². The number of methoxy groups -OCH3 is 2. The SMILES string of the molecule is COC(=O)c1[nH]c2ccoc2c1Br.COC(=O)c1cc2occc2[nH]1. The van der Waals surface area contributed by atoms with E-state index in [4.69, 9.17) is 8.83 Å². The zero-order valence-corrected chi connectivity index (χ0v) is 14.8. The van der Waals surface area contributed by atoms with E-state index < -0.39 is 5.97 Å². The largest absolute Gasteiger partial charge is 0.464 e. The molecule has 0 amide bonds. The lowest BCUT2D eigenvalue weighted by atomic mass is 10.4. The number of esters is 2. The van der Waals surface area contributed by atoms with Crippen LogP contribution in [-0.2, 0) is 9.47 Å². The van der Waals surface area contributed by atoms with E-state index in [-0.39, 0.29) is 5.97 Å². The molecular weight excluding hydrogens is 396 g/mol. The molecule has 0 unspecified atom stereocenters. The summed E-state index contributed by atoms with van der Waals surface area (Å²) in [6.07, 6.45) is 3.11. The monoisotopic (exact) mass is 408 g/mol. The minimum absolute atomic E-state index is 0.372. The standard InChI is InChI=1S/C8H6BrNO3.C8H7NO3/c1-12-8(11)6-5(9)7-4(10-6)2-3-13-7;1-11-8(10)6-4-7-5(9-6)2-3-12-7/h2-3,10H,1H3;2-4,9H,1H3. The summed E-state index contributed by atoms with van der Waals surface area (Å²) in [4.78, 5) is 27.9. The molecule has 9 heteroatoms. The molecule has 0 aliphatic rings. The average Bonchev–Trinajstić information content (AvgIpc) is 3.36. The van der Waals surface area contributed by atoms with E-state index in [1.165, 1.54) is 14.2 Å². The van der Waals surface area contributed by atoms with E-state index in [1.54, 1.807) is 30.7 Å². The maximum absolute atomic E-state index is 11.2. The molecule has 2 N–H and O–H groups in total. The van der Waals surface area contributed by atoms with Crippen molar-refractivity contribution in [2.45, 2.75) is 0 Å². The summed E-state index contributed by atoms with van der Waals surface area (Å²) in [5.74, 6) is -0.806. The molecule has 25 heavy (non-hydrogen) atoms. The number of carbonyl (C=O) groups excluding carboxylic acids is 2. The van der Waals surface area contributed by atoms with Gasteiger partial charge in [0.05, 0.1) is 42.3 Å². The van der Waals surface area contributed by atoms with E-state index in [2.05, 4.69) is 35.4 Å². The first kappa shape index (κ1) is 16.9. The number of rotatable bonds is 2. The first-order valence-electron chi connectivity index (χ1n) is 7.02. The number of aromatic nitrogens is 2. The van der Waals surface area contributed by atoms with Gasteiger partial charge in [-0.15, -0.1) is 0 Å². The zero-order chi connectivity index (χ0) is 18.0. The van der Waals surface area contributed by atoms with Crippen LogP contribution in [0.5, 0.6) is 0 Å². The quantitative estimate of drug-likeness (QED) is 0.487. The maximum atomic E-state index is 11.2. The van der Waals surface area contributed by atoms with Gasteiger partial charge in [0.2, 0.25) is 0 Å². The number of carbonyl (C=O) groups is 2. The Morgan fingerprint density at radius 3 is 2.32 bits per heavy atom. The molecule has 0 aliphatic heterocycles. The van der Waals surface area contributed by atoms with E-state index in [9.17, 15) is 9.59 Å². The van der Waals surface area contributed by atoms with E-state index in [0.717, 1.165) is 11.0 Å². The Labute approximate surface area is 149 Å². The molecule has 4 aromatic rings. The minimum Gasteiger partial charge on any atom is -0.464 e. The van der Waals surface area contributed by atoms with Gasteiger partial charge in [0.25, 0.3) is 0 Å². The normalized spacial score (nSPS) is 10.5. The summed E-state index contributed by atoms with van der Waals surface area (Å²) < 4.78 is 19.9. The second-order valence-electron chi connectivity index (χ2n) is 4.84. The highest BCUT2D eigenvalue weighted by molar-refractivity contribution is 9.10. The third kappa shape index (κ3) is 3.18. The van der Waals surface area contributed by atoms with Crippen molar-refractivity contribution in [2.75, 3.05) is 14.2 Å². The van der Waals surface area contributed by atoms with Crippen molar-refractivity contribution < 1.29 is 27.9 Å². The fourth-order valence-electron chi connectivity index (χ4n) is 2.19. The van der Waals surface area contributed by atoms with Crippen LogP contribution in [0, 0.1) is 0 Å². The predicted octanol–water partition coefficient (Wildman–Crippen LogP) is 3.86. The molecule has 0 radical (unpaired) electrons. The van der Waals surface area contributed by atoms with Gasteiger partial charge in [0.1, 0.15) is 11.4 Å². The lowest BCUT2D eigenvalue weighted by Crippen LogP contribution is -2.01. The fourth-order valence-corrected chi connectivity index (χ4v) is 2.76. The van der Waals surface area contributed by atoms with Crippen molar-refractivity contribution in [3.05, 3.63) is 46.6 Å². The van der Waals surface area contributed by atoms with Crippen molar-refractivity contribution in [3.8, 4) is 0 Å². The van der Waals surface area contributed by atoms with Crippen LogP contribution in [0.15, 0.2) is 44.0 Å². The summed E-state index contributed by atoms with van der Waals surface area (Å²) >= 11 is 3.25. The van der Waals surface area contributed by atoms with Gasteiger partial charge < -0.3 is 28.3 Å². The number of aromatic amines is 2. The maximum Gasteiger partial charge on any atom is 0.355 e. The Morgan fingerprint density at radius 2 is 1.68 bits per heavy atom. The number of furan rings is 2. The summed E-state index contributed by atoms with van der Waals surface area (Å²) in [6, 6.07) is 5.11. The predicted molar refractivity (Wildman–Crippen MR) is 91.5 cm³/mol. The Balaban J connectivity index is 0.000000146. The Hall–Kier alpha value is -2.94. The number of nitrogens with one attached hydrogen (secondary N) is 2. The summed E-state index contributed by atoms with van der Waals surface area (Å²) in [5, 5.41) is 0. The molecule has 0 atom stereocenters. The highest BCUT2D eigenvalue weighted by Gasteiger charge is 2.18. The number of hydrogen-bond acceptors (Lipinski definition) is 6. The van der Waals surface area contributed by atoms with Gasteiger partial charge in [-0.05, 0) is 15.9 Å². The van der Waals surface area contributed by atoms with Crippen LogP contribution in [-0.4, -0.2) is 36.1 Å². The van der Waals surface area contributed by atoms with Crippen molar-refractivity contribution in [3.63, 3.8) is 0 Å². The summed E-state index contributed by atoms with van der Waals surface area (Å²) in [7, 11) is 2.67. The van der Waals surface area contributed by atoms with Gasteiger partial charge in [0, 0.05) is 18.2 Å². The second kappa shape index (κ2) is 6.89. The number of fused-ring (bicyclic) bond motifs is 2. The molecule has 0 aliphatic carbocycles. The van der Waals surface area contributed by atoms with Gasteiger partial charge in [-0.1, -0.05) is 0 Å². The van der Waals surface area contributed by atoms with Gasteiger partial charge >= 0.3 is 11.9 Å². The third-order valence-corrected chi connectivity index (χ3v) is 4.14. The van der Waals surface area contributed by atoms with Crippen LogP contribution >= 0.6 is 15.9 Å². The molecule has 4 aromatic heterocycles. The molecule has 0 spiro atoms. The van der Waals surface area contributed by atoms with Gasteiger partial charge in [-0.2, -0.15) is 0 Å². The Bertz CT molecular complexity index is 1010. The van der Waals surface area contributed by atoms with Crippen LogP contribution in [0.25, 0.3) is 22.2 Å². The molecule has 4 heterocycles. The van der Waals surface area contributed by atoms with Crippen molar-refractivity contribution >= 4 is 50.1 Å². The minimum atomic E-state index is -0.418. The zero-order valence-electron chi connectivity index (χ0n) is 13.2. The van der Waals surface area contributed by atoms with Crippen LogP contribution in [0.3, 0.4) is 0 Å². The lowest BCUT2D eigenvalue weighted by molar-refractivity contribution is 0.0586. The first-order valence-corrected chi connectivity index (χ1v) is 7.82. The van der Waals surface area contributed by atoms with Crippen LogP contribution in [0.2, 0.25) is 0 Å². The lowest BCUT2D eigenvalue weighted by Gasteiger charge is -1.94. The van der Waals surface area contributed by atoms with Crippen molar-refractivity contribution in [1.29, 1.82) is 0 Å². The Kier molecular flexibility index (Phi) is 4.66. The van der Waals surface area contributed by atoms with Crippen LogP contribution in [0.1, 0.15) is 21.0 Å². The molecule has 0 saturated carbocycles. The fraction of sp³-hybridized carbons (Fsp3) is 0.125. The smallest absolute Gasteiger partial charge is 0.355 e. The molecular formula is C16H13BrN2O6. The van der Waals surface area contributed by atoms with Crippen molar-refractivity contribution in [1.82, 2.24) is 9.97 Å². The molecule has 0 aromatic carbocycles. The highest BCUT2D eigenvalue weighted by atomic mass is 79.9. The van der Waals surface area contributed by atoms with E-state index >= 15 is 0 Å². The highest BCUT2D eigenvalue weighted by Crippen LogP contribution is 2.28. The van der Waals surface area contributed by atoms with Crippen LogP contribution < -0.4 is 0 Å². The van der Waals surface area contributed by atoms with Gasteiger partial charge in [-0.25, -0.2) is 9.59 Å². The molecule has 8 nitrogen and oxygen atoms in total. The van der Waals surface area contributed by atoms with Crippen molar-refractivity contribution in [2.24, 2.45) is 0 Å². The first-order chi connectivity index (χ1) is 12.0. The molecule has 0 bridgehead atoms. The van der Waals surface area contributed by atoms with E-state index in [1.807, 2.05) is 0 Å². The molecule has 0 fully saturated rings. The van der Waals surface area contributed by atoms with Crippen LogP contribution in [0.4, 0.5) is 0 Å². The number of halogens is 1. The number of hydrogen-bond donors (Lipinski definition) is 2. The topological polar surface area (TPSA) is 110 Å². The second-order valence-corrected chi connectivity index (χ2v) is 5.64. The molecule has 130 valence electrons. The third-order valence-electron chi connectivity index (χ3n) is 3.38. The van der Waals surface area contributed by atoms with E-state index in [0.29, 0.717) is 27.0 Å². The average molecular weight is 409 g/mol. The number of ether oxygens (including phenoxy) is 2. The summed E-state index contributed by atoms with van der Waals surface area (Å²) in [6.45, 7) is 0. The summed E-state index contributed by atoms with van der Waals surface area (Å²) in [5.41, 5.74) is 3.64. The number of H-pyrrole nitrogens is 2. The van der Waals surface area contributed by atoms with Gasteiger partial charge in [-0.3, -0.25) is 0 Å².